The van der Waals surface area contributed by atoms with Gasteiger partial charge in [0, 0.05) is 10.6 Å². The Morgan fingerprint density at radius 1 is 0.960 bits per heavy atom. The van der Waals surface area contributed by atoms with E-state index in [4.69, 9.17) is 20.8 Å². The van der Waals surface area contributed by atoms with Crippen LogP contribution >= 0.6 is 11.6 Å². The summed E-state index contributed by atoms with van der Waals surface area (Å²) in [6.07, 6.45) is 0.414. The SMILES string of the molecule is C[C@@H]1C[N+](=c2cc(-c3ccc(Cl)cc3)oc3ccccc23)C[C@@H](C)O1. The van der Waals surface area contributed by atoms with Gasteiger partial charge in [-0.05, 0) is 50.2 Å². The van der Waals surface area contributed by atoms with Crippen LogP contribution in [0.25, 0.3) is 22.3 Å². The minimum Gasteiger partial charge on any atom is -0.456 e. The topological polar surface area (TPSA) is 25.4 Å². The van der Waals surface area contributed by atoms with E-state index in [2.05, 4.69) is 36.6 Å². The first-order valence-electron chi connectivity index (χ1n) is 8.62. The van der Waals surface area contributed by atoms with Gasteiger partial charge in [0.2, 0.25) is 5.36 Å². The van der Waals surface area contributed by atoms with E-state index in [0.717, 1.165) is 40.4 Å². The van der Waals surface area contributed by atoms with Crippen LogP contribution in [-0.4, -0.2) is 25.3 Å². The first-order chi connectivity index (χ1) is 12.1. The maximum Gasteiger partial charge on any atom is 0.214 e. The molecule has 0 aliphatic carbocycles. The molecule has 1 aliphatic rings. The fraction of sp³-hybridized carbons (Fsp3) is 0.286. The number of fused-ring (bicyclic) bond motifs is 1. The van der Waals surface area contributed by atoms with Crippen LogP contribution < -0.4 is 9.93 Å². The highest BCUT2D eigenvalue weighted by Crippen LogP contribution is 2.23. The molecule has 1 saturated heterocycles. The van der Waals surface area contributed by atoms with Crippen molar-refractivity contribution in [3.8, 4) is 11.3 Å². The molecule has 3 aromatic rings. The molecule has 1 aromatic heterocycles. The summed E-state index contributed by atoms with van der Waals surface area (Å²) in [4.78, 5) is 0. The van der Waals surface area contributed by atoms with Gasteiger partial charge in [-0.15, -0.1) is 0 Å². The minimum atomic E-state index is 0.207. The normalized spacial score (nSPS) is 20.8. The molecule has 0 radical (unpaired) electrons. The summed E-state index contributed by atoms with van der Waals surface area (Å²) in [5, 5.41) is 3.04. The Morgan fingerprint density at radius 2 is 1.64 bits per heavy atom. The number of benzene rings is 2. The zero-order chi connectivity index (χ0) is 17.4. The molecule has 128 valence electrons. The lowest BCUT2D eigenvalue weighted by Crippen LogP contribution is -2.47. The van der Waals surface area contributed by atoms with Crippen molar-refractivity contribution in [3.05, 3.63) is 65.0 Å². The third kappa shape index (κ3) is 3.35. The van der Waals surface area contributed by atoms with Gasteiger partial charge in [0.25, 0.3) is 0 Å². The molecule has 0 N–H and O–H groups in total. The molecule has 0 spiro atoms. The Bertz CT molecular complexity index is 963. The van der Waals surface area contributed by atoms with E-state index >= 15 is 0 Å². The fourth-order valence-corrected chi connectivity index (χ4v) is 3.64. The fourth-order valence-electron chi connectivity index (χ4n) is 3.51. The third-order valence-electron chi connectivity index (χ3n) is 4.54. The van der Waals surface area contributed by atoms with E-state index in [1.807, 2.05) is 36.4 Å². The van der Waals surface area contributed by atoms with E-state index in [0.29, 0.717) is 0 Å². The predicted molar refractivity (Wildman–Crippen MR) is 102 cm³/mol. The van der Waals surface area contributed by atoms with Crippen molar-refractivity contribution in [2.75, 3.05) is 13.1 Å². The molecule has 4 rings (SSSR count). The van der Waals surface area contributed by atoms with Crippen molar-refractivity contribution in [2.45, 2.75) is 26.1 Å². The standard InChI is InChI=1S/C21H21ClNO2/c1-14-12-23(13-15(2)24-14)19-11-21(16-7-9-17(22)10-8-16)25-20-6-4-3-5-18(19)20/h3-11,14-15H,12-13H2,1-2H3/q+1/t14-,15-/m1/s1. The average Bonchev–Trinajstić information content (AvgIpc) is 2.60. The lowest BCUT2D eigenvalue weighted by Gasteiger charge is -2.23. The molecule has 0 saturated carbocycles. The Hall–Kier alpha value is -2.10. The number of rotatable bonds is 1. The lowest BCUT2D eigenvalue weighted by atomic mass is 10.1. The molecule has 2 atom stereocenters. The van der Waals surface area contributed by atoms with Crippen LogP contribution in [0.3, 0.4) is 0 Å². The van der Waals surface area contributed by atoms with Crippen LogP contribution in [0.4, 0.5) is 0 Å². The lowest BCUT2D eigenvalue weighted by molar-refractivity contribution is -0.0261. The maximum atomic E-state index is 6.17. The van der Waals surface area contributed by atoms with Crippen molar-refractivity contribution in [1.82, 2.24) is 4.58 Å². The van der Waals surface area contributed by atoms with Crippen molar-refractivity contribution < 1.29 is 9.15 Å². The Morgan fingerprint density at radius 3 is 2.36 bits per heavy atom. The highest BCUT2D eigenvalue weighted by Gasteiger charge is 2.26. The Kier molecular flexibility index (Phi) is 4.36. The van der Waals surface area contributed by atoms with E-state index in [9.17, 15) is 0 Å². The number of halogens is 1. The van der Waals surface area contributed by atoms with Gasteiger partial charge in [-0.2, -0.15) is 0 Å². The van der Waals surface area contributed by atoms with E-state index < -0.39 is 0 Å². The first-order valence-corrected chi connectivity index (χ1v) is 9.00. The zero-order valence-corrected chi connectivity index (χ0v) is 15.2. The zero-order valence-electron chi connectivity index (χ0n) is 14.4. The average molecular weight is 355 g/mol. The van der Waals surface area contributed by atoms with Crippen LogP contribution in [0.15, 0.2) is 59.0 Å². The number of para-hydroxylation sites is 1. The molecule has 0 unspecified atom stereocenters. The monoisotopic (exact) mass is 354 g/mol. The second kappa shape index (κ2) is 6.66. The molecule has 0 bridgehead atoms. The second-order valence-corrected chi connectivity index (χ2v) is 7.10. The molecule has 1 fully saturated rings. The molecule has 2 aromatic carbocycles. The van der Waals surface area contributed by atoms with Gasteiger partial charge in [-0.25, -0.2) is 4.58 Å². The van der Waals surface area contributed by atoms with E-state index in [1.165, 1.54) is 5.36 Å². The van der Waals surface area contributed by atoms with Gasteiger partial charge in [-0.1, -0.05) is 23.7 Å². The summed E-state index contributed by atoms with van der Waals surface area (Å²) in [7, 11) is 0. The molecule has 0 amide bonds. The molecule has 3 nitrogen and oxygen atoms in total. The third-order valence-corrected chi connectivity index (χ3v) is 4.79. The summed E-state index contributed by atoms with van der Waals surface area (Å²) >= 11 is 6.03. The summed E-state index contributed by atoms with van der Waals surface area (Å²) in [5.41, 5.74) is 1.91. The van der Waals surface area contributed by atoms with Gasteiger partial charge < -0.3 is 9.15 Å². The second-order valence-electron chi connectivity index (χ2n) is 6.66. The molecular weight excluding hydrogens is 334 g/mol. The molecule has 25 heavy (non-hydrogen) atoms. The summed E-state index contributed by atoms with van der Waals surface area (Å²) < 4.78 is 14.5. The van der Waals surface area contributed by atoms with Crippen LogP contribution in [0.1, 0.15) is 13.8 Å². The number of ether oxygens (including phenoxy) is 1. The highest BCUT2D eigenvalue weighted by molar-refractivity contribution is 6.30. The Balaban J connectivity index is 1.98. The van der Waals surface area contributed by atoms with Gasteiger partial charge in [-0.3, -0.25) is 0 Å². The van der Waals surface area contributed by atoms with Crippen LogP contribution in [0.5, 0.6) is 0 Å². The smallest absolute Gasteiger partial charge is 0.214 e. The number of hydrogen-bond donors (Lipinski definition) is 0. The van der Waals surface area contributed by atoms with E-state index in [-0.39, 0.29) is 12.2 Å². The minimum absolute atomic E-state index is 0.207. The van der Waals surface area contributed by atoms with Crippen molar-refractivity contribution in [3.63, 3.8) is 0 Å². The largest absolute Gasteiger partial charge is 0.456 e. The quantitative estimate of drug-likeness (QED) is 0.608. The predicted octanol–water partition coefficient (Wildman–Crippen LogP) is 4.33. The van der Waals surface area contributed by atoms with Crippen LogP contribution in [0.2, 0.25) is 5.02 Å². The van der Waals surface area contributed by atoms with Crippen LogP contribution in [-0.2, 0) is 4.74 Å². The summed E-state index contributed by atoms with van der Waals surface area (Å²) in [5.74, 6) is 0.845. The highest BCUT2D eigenvalue weighted by atomic mass is 35.5. The van der Waals surface area contributed by atoms with Gasteiger partial charge >= 0.3 is 0 Å². The van der Waals surface area contributed by atoms with Gasteiger partial charge in [0.15, 0.2) is 13.1 Å². The molecular formula is C21H21ClNO2+. The molecule has 1 aliphatic heterocycles. The number of hydrogen-bond acceptors (Lipinski definition) is 2. The van der Waals surface area contributed by atoms with Crippen LogP contribution in [0, 0.1) is 0 Å². The van der Waals surface area contributed by atoms with Gasteiger partial charge in [0.1, 0.15) is 23.6 Å². The van der Waals surface area contributed by atoms with Crippen molar-refractivity contribution >= 4 is 22.6 Å². The van der Waals surface area contributed by atoms with E-state index in [1.54, 1.807) is 0 Å². The van der Waals surface area contributed by atoms with Crippen molar-refractivity contribution in [1.29, 1.82) is 0 Å². The Labute approximate surface area is 152 Å². The number of nitrogens with zero attached hydrogens (tertiary/aromatic N) is 1. The molecule has 4 heteroatoms. The maximum absolute atomic E-state index is 6.17. The van der Waals surface area contributed by atoms with Crippen molar-refractivity contribution in [2.24, 2.45) is 0 Å². The molecule has 2 heterocycles. The summed E-state index contributed by atoms with van der Waals surface area (Å²) in [6, 6.07) is 18.1. The number of morpholine rings is 1. The summed E-state index contributed by atoms with van der Waals surface area (Å²) in [6.45, 7) is 5.99. The van der Waals surface area contributed by atoms with Gasteiger partial charge in [0.05, 0.1) is 11.5 Å². The first kappa shape index (κ1) is 16.4.